The quantitative estimate of drug-likeness (QED) is 0.449. The second kappa shape index (κ2) is 11.6. The van der Waals surface area contributed by atoms with Crippen molar-refractivity contribution in [3.63, 3.8) is 0 Å². The van der Waals surface area contributed by atoms with Crippen LogP contribution in [0.15, 0.2) is 10.6 Å². The third-order valence-electron chi connectivity index (χ3n) is 6.34. The molecule has 0 aromatic heterocycles. The second-order valence-electron chi connectivity index (χ2n) is 8.55. The summed E-state index contributed by atoms with van der Waals surface area (Å²) < 4.78 is 11.7. The minimum atomic E-state index is -0.256. The molecule has 3 rings (SSSR count). The molecule has 2 unspecified atom stereocenters. The van der Waals surface area contributed by atoms with E-state index in [0.717, 1.165) is 87.7 Å². The van der Waals surface area contributed by atoms with Crippen molar-refractivity contribution in [3.05, 3.63) is 10.6 Å². The highest BCUT2D eigenvalue weighted by Crippen LogP contribution is 2.31. The van der Waals surface area contributed by atoms with Gasteiger partial charge in [0.15, 0.2) is 0 Å². The number of hydrogen-bond acceptors (Lipinski definition) is 4. The number of rotatable bonds is 7. The van der Waals surface area contributed by atoms with Crippen LogP contribution in [-0.2, 0) is 19.1 Å². The number of hydrogen-bond donors (Lipinski definition) is 1. The predicted octanol–water partition coefficient (Wildman–Crippen LogP) is 4.84. The Kier molecular flexibility index (Phi) is 9.13. The Labute approximate surface area is 183 Å². The van der Waals surface area contributed by atoms with Crippen molar-refractivity contribution in [3.8, 4) is 0 Å². The summed E-state index contributed by atoms with van der Waals surface area (Å²) in [5, 5.41) is 3.98. The molecule has 3 aliphatic rings. The Hall–Kier alpha value is -0.780. The monoisotopic (exact) mass is 445 g/mol. The lowest BCUT2D eigenvalue weighted by atomic mass is 9.88. The number of esters is 1. The number of halogens is 2. The van der Waals surface area contributed by atoms with E-state index in [1.54, 1.807) is 0 Å². The lowest BCUT2D eigenvalue weighted by Gasteiger charge is -2.33. The lowest BCUT2D eigenvalue weighted by molar-refractivity contribution is -0.167. The Morgan fingerprint density at radius 1 is 0.931 bits per heavy atom. The average molecular weight is 446 g/mol. The van der Waals surface area contributed by atoms with Gasteiger partial charge >= 0.3 is 5.97 Å². The molecule has 0 heterocycles. The molecule has 0 bridgehead atoms. The van der Waals surface area contributed by atoms with Crippen molar-refractivity contribution in [2.24, 2.45) is 5.92 Å². The third-order valence-corrected chi connectivity index (χ3v) is 7.23. The summed E-state index contributed by atoms with van der Waals surface area (Å²) >= 11 is 12.4. The molecule has 5 nitrogen and oxygen atoms in total. The van der Waals surface area contributed by atoms with Gasteiger partial charge in [0.25, 0.3) is 0 Å². The maximum atomic E-state index is 12.5. The molecule has 2 saturated carbocycles. The summed E-state index contributed by atoms with van der Waals surface area (Å²) in [6.45, 7) is 0.480. The average Bonchev–Trinajstić information content (AvgIpc) is 2.73. The van der Waals surface area contributed by atoms with Gasteiger partial charge in [-0.05, 0) is 76.2 Å². The van der Waals surface area contributed by atoms with Crippen LogP contribution in [0.5, 0.6) is 0 Å². The number of nitrogens with one attached hydrogen (secondary N) is 1. The van der Waals surface area contributed by atoms with Crippen molar-refractivity contribution in [1.82, 2.24) is 5.32 Å². The van der Waals surface area contributed by atoms with Gasteiger partial charge in [0.2, 0.25) is 5.91 Å². The van der Waals surface area contributed by atoms with Crippen LogP contribution < -0.4 is 5.32 Å². The van der Waals surface area contributed by atoms with Crippen LogP contribution in [0.25, 0.3) is 0 Å². The van der Waals surface area contributed by atoms with Crippen molar-refractivity contribution in [2.75, 3.05) is 13.2 Å². The molecule has 29 heavy (non-hydrogen) atoms. The maximum Gasteiger partial charge on any atom is 0.309 e. The van der Waals surface area contributed by atoms with Crippen LogP contribution >= 0.6 is 23.2 Å². The van der Waals surface area contributed by atoms with E-state index in [9.17, 15) is 9.59 Å². The highest BCUT2D eigenvalue weighted by Gasteiger charge is 2.33. The van der Waals surface area contributed by atoms with Crippen LogP contribution in [0.1, 0.15) is 77.0 Å². The summed E-state index contributed by atoms with van der Waals surface area (Å²) in [5.41, 5.74) is 1.13. The number of allylic oxidation sites excluding steroid dienone is 1. The summed E-state index contributed by atoms with van der Waals surface area (Å²) in [6.07, 6.45) is 10.6. The maximum absolute atomic E-state index is 12.5. The van der Waals surface area contributed by atoms with Crippen molar-refractivity contribution >= 4 is 35.1 Å². The highest BCUT2D eigenvalue weighted by molar-refractivity contribution is 6.30. The zero-order valence-electron chi connectivity index (χ0n) is 17.1. The Morgan fingerprint density at radius 2 is 1.62 bits per heavy atom. The summed E-state index contributed by atoms with van der Waals surface area (Å²) in [4.78, 5) is 24.8. The topological polar surface area (TPSA) is 64.6 Å². The smallest absolute Gasteiger partial charge is 0.309 e. The zero-order valence-corrected chi connectivity index (χ0v) is 18.6. The van der Waals surface area contributed by atoms with E-state index in [1.165, 1.54) is 0 Å². The molecular weight excluding hydrogens is 413 g/mol. The number of carbonyl (C=O) groups is 2. The normalized spacial score (nSPS) is 30.7. The van der Waals surface area contributed by atoms with Crippen LogP contribution in [-0.4, -0.2) is 42.6 Å². The van der Waals surface area contributed by atoms with E-state index < -0.39 is 0 Å². The molecular formula is C22H33Cl2NO4. The van der Waals surface area contributed by atoms with Crippen LogP contribution in [0.4, 0.5) is 0 Å². The summed E-state index contributed by atoms with van der Waals surface area (Å²) in [6, 6.07) is 0. The van der Waals surface area contributed by atoms with Crippen LogP contribution in [0.3, 0.4) is 0 Å². The van der Waals surface area contributed by atoms with E-state index >= 15 is 0 Å². The molecule has 0 saturated heterocycles. The molecule has 1 N–H and O–H groups in total. The van der Waals surface area contributed by atoms with Gasteiger partial charge in [-0.25, -0.2) is 0 Å². The molecule has 7 heteroatoms. The first kappa shape index (κ1) is 22.9. The number of carbonyl (C=O) groups excluding carboxylic acids is 2. The standard InChI is InChI=1S/C22H33Cl2NO4/c23-17-11-9-15(10-12-17)22(27)29-20-8-4-3-7-19(20)28-14-21(26)25-13-16-5-1-2-6-18(16)24/h15,17,19-20H,1-14H2,(H,25,26). The molecule has 0 radical (unpaired) electrons. The van der Waals surface area contributed by atoms with Gasteiger partial charge in [-0.1, -0.05) is 18.0 Å². The third kappa shape index (κ3) is 7.15. The molecule has 3 aliphatic carbocycles. The first-order valence-electron chi connectivity index (χ1n) is 11.1. The minimum Gasteiger partial charge on any atom is -0.459 e. The SMILES string of the molecule is O=C(COC1CCCCC1OC(=O)C1CCC(Cl)CC1)NCC1=C(Cl)CCCC1. The van der Waals surface area contributed by atoms with Gasteiger partial charge in [0.1, 0.15) is 12.7 Å². The fourth-order valence-electron chi connectivity index (χ4n) is 4.48. The molecule has 0 spiro atoms. The van der Waals surface area contributed by atoms with E-state index in [1.807, 2.05) is 0 Å². The first-order valence-corrected chi connectivity index (χ1v) is 11.9. The number of alkyl halides is 1. The fraction of sp³-hybridized carbons (Fsp3) is 0.818. The number of ether oxygens (including phenoxy) is 2. The Balaban J connectivity index is 1.42. The van der Waals surface area contributed by atoms with Crippen LogP contribution in [0.2, 0.25) is 0 Å². The molecule has 1 amide bonds. The molecule has 164 valence electrons. The molecule has 0 aromatic carbocycles. The summed E-state index contributed by atoms with van der Waals surface area (Å²) in [5.74, 6) is -0.328. The first-order chi connectivity index (χ1) is 14.0. The van der Waals surface area contributed by atoms with E-state index in [4.69, 9.17) is 32.7 Å². The second-order valence-corrected chi connectivity index (χ2v) is 9.62. The fourth-order valence-corrected chi connectivity index (χ4v) is 5.02. The Bertz CT molecular complexity index is 602. The van der Waals surface area contributed by atoms with Gasteiger partial charge in [-0.15, -0.1) is 11.6 Å². The van der Waals surface area contributed by atoms with Gasteiger partial charge in [-0.3, -0.25) is 9.59 Å². The van der Waals surface area contributed by atoms with E-state index in [-0.39, 0.29) is 42.0 Å². The Morgan fingerprint density at radius 3 is 2.34 bits per heavy atom. The van der Waals surface area contributed by atoms with Gasteiger partial charge < -0.3 is 14.8 Å². The van der Waals surface area contributed by atoms with E-state index in [0.29, 0.717) is 6.54 Å². The van der Waals surface area contributed by atoms with Gasteiger partial charge in [0, 0.05) is 17.0 Å². The van der Waals surface area contributed by atoms with Gasteiger partial charge in [-0.2, -0.15) is 0 Å². The molecule has 0 aromatic rings. The lowest BCUT2D eigenvalue weighted by Crippen LogP contribution is -2.40. The van der Waals surface area contributed by atoms with Crippen LogP contribution in [0, 0.1) is 5.92 Å². The highest BCUT2D eigenvalue weighted by atomic mass is 35.5. The summed E-state index contributed by atoms with van der Waals surface area (Å²) in [7, 11) is 0. The van der Waals surface area contributed by atoms with Crippen molar-refractivity contribution in [1.29, 1.82) is 0 Å². The largest absolute Gasteiger partial charge is 0.459 e. The van der Waals surface area contributed by atoms with Gasteiger partial charge in [0.05, 0.1) is 12.0 Å². The minimum absolute atomic E-state index is 0.0129. The molecule has 0 aliphatic heterocycles. The number of amides is 1. The zero-order chi connectivity index (χ0) is 20.6. The molecule has 2 fully saturated rings. The van der Waals surface area contributed by atoms with Crippen molar-refractivity contribution in [2.45, 2.75) is 94.6 Å². The van der Waals surface area contributed by atoms with E-state index in [2.05, 4.69) is 5.32 Å². The van der Waals surface area contributed by atoms with Crippen molar-refractivity contribution < 1.29 is 19.1 Å². The predicted molar refractivity (Wildman–Crippen MR) is 114 cm³/mol. The molecule has 2 atom stereocenters.